The second-order valence-electron chi connectivity index (χ2n) is 6.29. The number of esters is 1. The summed E-state index contributed by atoms with van der Waals surface area (Å²) in [6, 6.07) is 4.53. The van der Waals surface area contributed by atoms with E-state index < -0.39 is 23.8 Å². The fraction of sp³-hybridized carbons (Fsp3) is 0.389. The zero-order valence-corrected chi connectivity index (χ0v) is 16.1. The number of hydrogen-bond acceptors (Lipinski definition) is 5. The van der Waals surface area contributed by atoms with Crippen molar-refractivity contribution in [2.75, 3.05) is 13.2 Å². The standard InChI is InChI=1S/C18H17ClF3N3O4/c1-2-28-16(26)15-8-14-9-24(3-4-25(14)23-15)17(27)29-10-11-5-12(18(20,21)22)7-13(19)6-11/h5-8H,2-4,9-10H2,1H3. The summed E-state index contributed by atoms with van der Waals surface area (Å²) in [6.07, 6.45) is -5.24. The highest BCUT2D eigenvalue weighted by molar-refractivity contribution is 6.30. The zero-order chi connectivity index (χ0) is 21.2. The lowest BCUT2D eigenvalue weighted by molar-refractivity contribution is -0.137. The second-order valence-corrected chi connectivity index (χ2v) is 6.72. The SMILES string of the molecule is CCOC(=O)c1cc2n(n1)CCN(C(=O)OCc1cc(Cl)cc(C(F)(F)F)c1)C2. The van der Waals surface area contributed by atoms with Gasteiger partial charge in [0.05, 0.1) is 31.0 Å². The topological polar surface area (TPSA) is 73.7 Å². The summed E-state index contributed by atoms with van der Waals surface area (Å²) < 4.78 is 50.2. The summed E-state index contributed by atoms with van der Waals surface area (Å²) in [6.45, 7) is 2.32. The second kappa shape index (κ2) is 8.32. The Balaban J connectivity index is 1.63. The molecule has 1 aromatic carbocycles. The van der Waals surface area contributed by atoms with Crippen molar-refractivity contribution in [3.63, 3.8) is 0 Å². The molecule has 0 saturated carbocycles. The normalized spacial score (nSPS) is 13.8. The van der Waals surface area contributed by atoms with Gasteiger partial charge in [0.1, 0.15) is 6.61 Å². The molecule has 0 N–H and O–H groups in total. The maximum atomic E-state index is 12.9. The van der Waals surface area contributed by atoms with Gasteiger partial charge >= 0.3 is 18.2 Å². The molecule has 0 atom stereocenters. The Hall–Kier alpha value is -2.75. The lowest BCUT2D eigenvalue weighted by Gasteiger charge is -2.26. The van der Waals surface area contributed by atoms with Gasteiger partial charge in [-0.2, -0.15) is 18.3 Å². The fourth-order valence-corrected chi connectivity index (χ4v) is 3.12. The first-order valence-electron chi connectivity index (χ1n) is 8.69. The van der Waals surface area contributed by atoms with Crippen molar-refractivity contribution in [3.05, 3.63) is 51.8 Å². The number of carbonyl (C=O) groups is 2. The molecule has 2 heterocycles. The Morgan fingerprint density at radius 3 is 2.62 bits per heavy atom. The van der Waals surface area contributed by atoms with Gasteiger partial charge in [-0.25, -0.2) is 9.59 Å². The molecule has 11 heteroatoms. The molecule has 1 aliphatic rings. The van der Waals surface area contributed by atoms with Crippen molar-refractivity contribution in [1.29, 1.82) is 0 Å². The van der Waals surface area contributed by atoms with Gasteiger partial charge in [0.15, 0.2) is 5.69 Å². The highest BCUT2D eigenvalue weighted by atomic mass is 35.5. The molecule has 3 rings (SSSR count). The third-order valence-electron chi connectivity index (χ3n) is 4.19. The Labute approximate surface area is 168 Å². The number of benzene rings is 1. The van der Waals surface area contributed by atoms with Gasteiger partial charge in [0.2, 0.25) is 0 Å². The first-order valence-corrected chi connectivity index (χ1v) is 9.07. The number of fused-ring (bicyclic) bond motifs is 1. The molecule has 1 amide bonds. The number of amides is 1. The van der Waals surface area contributed by atoms with E-state index in [2.05, 4.69) is 5.10 Å². The summed E-state index contributed by atoms with van der Waals surface area (Å²) in [7, 11) is 0. The Morgan fingerprint density at radius 1 is 1.17 bits per heavy atom. The number of nitrogens with zero attached hydrogens (tertiary/aromatic N) is 3. The minimum absolute atomic E-state index is 0.0979. The number of halogens is 4. The average molecular weight is 432 g/mol. The number of carbonyl (C=O) groups excluding carboxylic acids is 2. The highest BCUT2D eigenvalue weighted by Gasteiger charge is 2.31. The van der Waals surface area contributed by atoms with Gasteiger partial charge in [-0.3, -0.25) is 4.68 Å². The fourth-order valence-electron chi connectivity index (χ4n) is 2.86. The van der Waals surface area contributed by atoms with Crippen LogP contribution in [0.3, 0.4) is 0 Å². The van der Waals surface area contributed by atoms with Crippen molar-refractivity contribution >= 4 is 23.7 Å². The van der Waals surface area contributed by atoms with Gasteiger partial charge in [-0.05, 0) is 36.8 Å². The summed E-state index contributed by atoms with van der Waals surface area (Å²) in [4.78, 5) is 25.5. The largest absolute Gasteiger partial charge is 0.461 e. The van der Waals surface area contributed by atoms with E-state index in [9.17, 15) is 22.8 Å². The molecule has 0 fully saturated rings. The maximum absolute atomic E-state index is 12.9. The van der Waals surface area contributed by atoms with E-state index in [1.54, 1.807) is 11.6 Å². The Bertz CT molecular complexity index is 930. The quantitative estimate of drug-likeness (QED) is 0.687. The van der Waals surface area contributed by atoms with Gasteiger partial charge in [0, 0.05) is 11.6 Å². The van der Waals surface area contributed by atoms with Crippen molar-refractivity contribution in [1.82, 2.24) is 14.7 Å². The van der Waals surface area contributed by atoms with E-state index in [0.717, 1.165) is 12.1 Å². The van der Waals surface area contributed by atoms with Crippen LogP contribution < -0.4 is 0 Å². The lowest BCUT2D eigenvalue weighted by Crippen LogP contribution is -2.38. The van der Waals surface area contributed by atoms with Crippen molar-refractivity contribution in [2.45, 2.75) is 32.8 Å². The molecule has 1 aliphatic heterocycles. The van der Waals surface area contributed by atoms with Crippen LogP contribution in [0.5, 0.6) is 0 Å². The van der Waals surface area contributed by atoms with Gasteiger partial charge in [-0.15, -0.1) is 0 Å². The average Bonchev–Trinajstić information content (AvgIpc) is 3.08. The van der Waals surface area contributed by atoms with E-state index in [0.29, 0.717) is 12.2 Å². The van der Waals surface area contributed by atoms with Crippen LogP contribution in [0.25, 0.3) is 0 Å². The highest BCUT2D eigenvalue weighted by Crippen LogP contribution is 2.32. The molecule has 0 unspecified atom stereocenters. The monoisotopic (exact) mass is 431 g/mol. The lowest BCUT2D eigenvalue weighted by atomic mass is 10.1. The molecule has 2 aromatic rings. The number of ether oxygens (including phenoxy) is 2. The first kappa shape index (κ1) is 21.0. The van der Waals surface area contributed by atoms with Crippen LogP contribution in [0.15, 0.2) is 24.3 Å². The van der Waals surface area contributed by atoms with Crippen LogP contribution in [-0.4, -0.2) is 39.9 Å². The summed E-state index contributed by atoms with van der Waals surface area (Å²) >= 11 is 5.73. The summed E-state index contributed by atoms with van der Waals surface area (Å²) in [5.41, 5.74) is -0.0108. The Kier molecular flexibility index (Phi) is 6.02. The van der Waals surface area contributed by atoms with E-state index in [1.807, 2.05) is 0 Å². The van der Waals surface area contributed by atoms with E-state index >= 15 is 0 Å². The molecule has 0 saturated heterocycles. The molecular formula is C18H17ClF3N3O4. The molecule has 1 aromatic heterocycles. The van der Waals surface area contributed by atoms with Crippen molar-refractivity contribution in [2.24, 2.45) is 0 Å². The molecule has 156 valence electrons. The van der Waals surface area contributed by atoms with Gasteiger partial charge in [-0.1, -0.05) is 11.6 Å². The molecule has 0 bridgehead atoms. The third-order valence-corrected chi connectivity index (χ3v) is 4.41. The zero-order valence-electron chi connectivity index (χ0n) is 15.3. The molecule has 29 heavy (non-hydrogen) atoms. The third kappa shape index (κ3) is 5.00. The molecule has 0 aliphatic carbocycles. The molecule has 0 radical (unpaired) electrons. The van der Waals surface area contributed by atoms with Crippen molar-refractivity contribution < 1.29 is 32.2 Å². The number of hydrogen-bond donors (Lipinski definition) is 0. The maximum Gasteiger partial charge on any atom is 0.416 e. The minimum Gasteiger partial charge on any atom is -0.461 e. The van der Waals surface area contributed by atoms with Crippen LogP contribution in [0.2, 0.25) is 5.02 Å². The smallest absolute Gasteiger partial charge is 0.416 e. The van der Waals surface area contributed by atoms with Crippen molar-refractivity contribution in [3.8, 4) is 0 Å². The first-order chi connectivity index (χ1) is 13.7. The predicted molar refractivity (Wildman–Crippen MR) is 95.2 cm³/mol. The van der Waals surface area contributed by atoms with E-state index in [4.69, 9.17) is 21.1 Å². The van der Waals surface area contributed by atoms with Crippen LogP contribution >= 0.6 is 11.6 Å². The number of aromatic nitrogens is 2. The van der Waals surface area contributed by atoms with Crippen LogP contribution in [0.1, 0.15) is 34.2 Å². The summed E-state index contributed by atoms with van der Waals surface area (Å²) in [5.74, 6) is -0.551. The predicted octanol–water partition coefficient (Wildman–Crippen LogP) is 3.88. The van der Waals surface area contributed by atoms with E-state index in [-0.39, 0.29) is 42.6 Å². The molecule has 0 spiro atoms. The Morgan fingerprint density at radius 2 is 1.93 bits per heavy atom. The van der Waals surface area contributed by atoms with Crippen LogP contribution in [0.4, 0.5) is 18.0 Å². The van der Waals surface area contributed by atoms with Crippen LogP contribution in [-0.2, 0) is 35.3 Å². The number of alkyl halides is 3. The summed E-state index contributed by atoms with van der Waals surface area (Å²) in [5, 5.41) is 4.04. The number of rotatable bonds is 4. The van der Waals surface area contributed by atoms with Crippen LogP contribution in [0, 0.1) is 0 Å². The minimum atomic E-state index is -4.55. The van der Waals surface area contributed by atoms with E-state index in [1.165, 1.54) is 17.0 Å². The van der Waals surface area contributed by atoms with Gasteiger partial charge < -0.3 is 14.4 Å². The van der Waals surface area contributed by atoms with Gasteiger partial charge in [0.25, 0.3) is 0 Å². The molecule has 7 nitrogen and oxygen atoms in total. The molecular weight excluding hydrogens is 415 g/mol.